The van der Waals surface area contributed by atoms with Crippen LogP contribution in [0.1, 0.15) is 12.8 Å². The Labute approximate surface area is 193 Å². The van der Waals surface area contributed by atoms with Crippen molar-refractivity contribution >= 4 is 17.4 Å². The molecule has 1 amide bonds. The second-order valence-electron chi connectivity index (χ2n) is 7.86. The van der Waals surface area contributed by atoms with Crippen LogP contribution in [0.2, 0.25) is 0 Å². The number of pyridine rings is 1. The van der Waals surface area contributed by atoms with Gasteiger partial charge in [-0.25, -0.2) is 13.8 Å². The van der Waals surface area contributed by atoms with Crippen LogP contribution in [0.4, 0.5) is 20.3 Å². The van der Waals surface area contributed by atoms with E-state index in [1.807, 2.05) is 18.2 Å². The molecule has 4 aromatic rings. The molecular formula is C23H20F2N8O. The minimum Gasteiger partial charge on any atom is -0.383 e. The number of nitrogens with zero attached hydrogens (tertiary/aromatic N) is 5. The van der Waals surface area contributed by atoms with Crippen molar-refractivity contribution in [3.8, 4) is 28.2 Å². The van der Waals surface area contributed by atoms with Gasteiger partial charge < -0.3 is 16.4 Å². The number of nitrogens with two attached hydrogens (primary N) is 1. The van der Waals surface area contributed by atoms with Crippen LogP contribution in [-0.2, 0) is 4.79 Å². The van der Waals surface area contributed by atoms with Gasteiger partial charge in [-0.05, 0) is 65.7 Å². The number of aromatic nitrogens is 5. The number of rotatable bonds is 5. The molecule has 5 rings (SSSR count). The molecule has 1 unspecified atom stereocenters. The van der Waals surface area contributed by atoms with Gasteiger partial charge in [0, 0.05) is 17.4 Å². The number of anilines is 2. The Morgan fingerprint density at radius 1 is 1.15 bits per heavy atom. The highest BCUT2D eigenvalue weighted by Gasteiger charge is 2.22. The summed E-state index contributed by atoms with van der Waals surface area (Å²) in [4.78, 5) is 16.7. The van der Waals surface area contributed by atoms with Crippen LogP contribution >= 0.6 is 0 Å². The summed E-state index contributed by atoms with van der Waals surface area (Å²) in [6.07, 6.45) is 3.35. The lowest BCUT2D eigenvalue weighted by Crippen LogP contribution is -2.35. The fraction of sp³-hybridized carbons (Fsp3) is 0.174. The first-order chi connectivity index (χ1) is 16.5. The van der Waals surface area contributed by atoms with Gasteiger partial charge in [-0.1, -0.05) is 18.2 Å². The van der Waals surface area contributed by atoms with Crippen LogP contribution in [0.3, 0.4) is 0 Å². The van der Waals surface area contributed by atoms with E-state index in [-0.39, 0.29) is 29.3 Å². The zero-order valence-corrected chi connectivity index (χ0v) is 17.9. The normalized spacial score (nSPS) is 15.4. The van der Waals surface area contributed by atoms with Crippen LogP contribution in [0, 0.1) is 11.6 Å². The molecule has 0 bridgehead atoms. The standard InChI is InChI=1S/C23H20F2N8O/c24-17-6-2-8-19(20(17)25)33-22(30-31-32-33)16-11-14(12-28-21(16)26)13-4-1-5-15(10-13)29-23(34)18-7-3-9-27-18/h1-2,4-6,8,10-12,18,27H,3,7,9H2,(H2,26,28)(H,29,34). The number of hydrogen-bond acceptors (Lipinski definition) is 7. The van der Waals surface area contributed by atoms with Crippen LogP contribution in [0.25, 0.3) is 28.2 Å². The van der Waals surface area contributed by atoms with E-state index in [4.69, 9.17) is 5.73 Å². The lowest BCUT2D eigenvalue weighted by atomic mass is 10.0. The second-order valence-corrected chi connectivity index (χ2v) is 7.86. The molecule has 34 heavy (non-hydrogen) atoms. The number of amides is 1. The van der Waals surface area contributed by atoms with Gasteiger partial charge in [0.1, 0.15) is 11.5 Å². The Bertz CT molecular complexity index is 1370. The van der Waals surface area contributed by atoms with Crippen molar-refractivity contribution in [3.63, 3.8) is 0 Å². The SMILES string of the molecule is Nc1ncc(-c2cccc(NC(=O)C3CCCN3)c2)cc1-c1nnnn1-c1cccc(F)c1F. The third-order valence-electron chi connectivity index (χ3n) is 5.63. The largest absolute Gasteiger partial charge is 0.383 e. The van der Waals surface area contributed by atoms with Crippen LogP contribution in [0.15, 0.2) is 54.7 Å². The smallest absolute Gasteiger partial charge is 0.241 e. The van der Waals surface area contributed by atoms with Gasteiger partial charge >= 0.3 is 0 Å². The van der Waals surface area contributed by atoms with Crippen LogP contribution in [0.5, 0.6) is 0 Å². The fourth-order valence-corrected chi connectivity index (χ4v) is 3.90. The molecule has 4 N–H and O–H groups in total. The number of benzene rings is 2. The van der Waals surface area contributed by atoms with E-state index in [0.29, 0.717) is 16.8 Å². The average Bonchev–Trinajstić information content (AvgIpc) is 3.54. The minimum atomic E-state index is -1.08. The fourth-order valence-electron chi connectivity index (χ4n) is 3.90. The average molecular weight is 462 g/mol. The molecule has 11 heteroatoms. The number of nitrogens with one attached hydrogen (secondary N) is 2. The summed E-state index contributed by atoms with van der Waals surface area (Å²) in [7, 11) is 0. The molecule has 0 saturated carbocycles. The van der Waals surface area contributed by atoms with Gasteiger partial charge in [0.15, 0.2) is 17.5 Å². The first-order valence-corrected chi connectivity index (χ1v) is 10.6. The van der Waals surface area contributed by atoms with Crippen molar-refractivity contribution in [2.24, 2.45) is 0 Å². The molecule has 0 aliphatic carbocycles. The molecule has 1 saturated heterocycles. The lowest BCUT2D eigenvalue weighted by molar-refractivity contribution is -0.117. The molecule has 1 aliphatic rings. The summed E-state index contributed by atoms with van der Waals surface area (Å²) in [5.74, 6) is -1.96. The molecule has 1 aliphatic heterocycles. The minimum absolute atomic E-state index is 0.0814. The van der Waals surface area contributed by atoms with E-state index in [2.05, 4.69) is 31.1 Å². The van der Waals surface area contributed by atoms with Crippen LogP contribution in [-0.4, -0.2) is 43.7 Å². The monoisotopic (exact) mass is 462 g/mol. The first-order valence-electron chi connectivity index (χ1n) is 10.6. The Balaban J connectivity index is 1.49. The van der Waals surface area contributed by atoms with Gasteiger partial charge in [0.25, 0.3) is 0 Å². The number of tetrazole rings is 1. The number of carbonyl (C=O) groups excluding carboxylic acids is 1. The van der Waals surface area contributed by atoms with Crippen LogP contribution < -0.4 is 16.4 Å². The summed E-state index contributed by atoms with van der Waals surface area (Å²) < 4.78 is 29.2. The van der Waals surface area contributed by atoms with E-state index in [1.165, 1.54) is 12.1 Å². The van der Waals surface area contributed by atoms with Gasteiger partial charge in [-0.2, -0.15) is 4.68 Å². The van der Waals surface area contributed by atoms with Crippen molar-refractivity contribution in [2.45, 2.75) is 18.9 Å². The summed E-state index contributed by atoms with van der Waals surface area (Å²) in [6.45, 7) is 0.830. The Kier molecular flexibility index (Phi) is 5.68. The van der Waals surface area contributed by atoms with Gasteiger partial charge in [0.05, 0.1) is 11.6 Å². The summed E-state index contributed by atoms with van der Waals surface area (Å²) in [5.41, 5.74) is 8.35. The highest BCUT2D eigenvalue weighted by Crippen LogP contribution is 2.31. The Morgan fingerprint density at radius 2 is 2.00 bits per heavy atom. The summed E-state index contributed by atoms with van der Waals surface area (Å²) in [5, 5.41) is 17.5. The van der Waals surface area contributed by atoms with E-state index in [9.17, 15) is 13.6 Å². The molecule has 9 nitrogen and oxygen atoms in total. The number of halogens is 2. The zero-order valence-electron chi connectivity index (χ0n) is 17.9. The first kappa shape index (κ1) is 21.6. The maximum absolute atomic E-state index is 14.4. The van der Waals surface area contributed by atoms with Gasteiger partial charge in [0.2, 0.25) is 5.91 Å². The van der Waals surface area contributed by atoms with Crippen molar-refractivity contribution in [1.82, 2.24) is 30.5 Å². The Hall–Kier alpha value is -4.25. The topological polar surface area (TPSA) is 124 Å². The molecule has 3 heterocycles. The van der Waals surface area contributed by atoms with Gasteiger partial charge in [-0.15, -0.1) is 5.10 Å². The number of carbonyl (C=O) groups is 1. The highest BCUT2D eigenvalue weighted by atomic mass is 19.2. The molecule has 172 valence electrons. The Morgan fingerprint density at radius 3 is 2.82 bits per heavy atom. The summed E-state index contributed by atoms with van der Waals surface area (Å²) >= 11 is 0. The molecule has 1 fully saturated rings. The molecule has 0 spiro atoms. The predicted octanol–water partition coefficient (Wildman–Crippen LogP) is 2.94. The molecule has 2 aromatic carbocycles. The van der Waals surface area contributed by atoms with Gasteiger partial charge in [-0.3, -0.25) is 4.79 Å². The highest BCUT2D eigenvalue weighted by molar-refractivity contribution is 5.95. The van der Waals surface area contributed by atoms with E-state index < -0.39 is 11.6 Å². The molecule has 2 aromatic heterocycles. The quantitative estimate of drug-likeness (QED) is 0.417. The second kappa shape index (κ2) is 8.94. The van der Waals surface area contributed by atoms with Crippen molar-refractivity contribution in [3.05, 3.63) is 66.4 Å². The summed E-state index contributed by atoms with van der Waals surface area (Å²) in [6, 6.07) is 12.5. The zero-order chi connectivity index (χ0) is 23.7. The van der Waals surface area contributed by atoms with E-state index >= 15 is 0 Å². The van der Waals surface area contributed by atoms with Crippen molar-refractivity contribution < 1.29 is 13.6 Å². The maximum Gasteiger partial charge on any atom is 0.241 e. The van der Waals surface area contributed by atoms with E-state index in [0.717, 1.165) is 35.7 Å². The third kappa shape index (κ3) is 4.08. The molecule has 0 radical (unpaired) electrons. The number of nitrogen functional groups attached to an aromatic ring is 1. The third-order valence-corrected chi connectivity index (χ3v) is 5.63. The maximum atomic E-state index is 14.4. The predicted molar refractivity (Wildman–Crippen MR) is 122 cm³/mol. The van der Waals surface area contributed by atoms with Crippen molar-refractivity contribution in [2.75, 3.05) is 17.6 Å². The molecular weight excluding hydrogens is 442 g/mol. The van der Waals surface area contributed by atoms with Crippen molar-refractivity contribution in [1.29, 1.82) is 0 Å². The lowest BCUT2D eigenvalue weighted by Gasteiger charge is -2.13. The van der Waals surface area contributed by atoms with E-state index in [1.54, 1.807) is 18.3 Å². The number of hydrogen-bond donors (Lipinski definition) is 3. The molecule has 1 atom stereocenters.